The van der Waals surface area contributed by atoms with Gasteiger partial charge >= 0.3 is 0 Å². The monoisotopic (exact) mass is 282 g/mol. The minimum atomic E-state index is -0.308. The van der Waals surface area contributed by atoms with Crippen LogP contribution in [0.5, 0.6) is 0 Å². The first-order valence-corrected chi connectivity index (χ1v) is 5.74. The minimum Gasteiger partial charge on any atom is -0.321 e. The van der Waals surface area contributed by atoms with Gasteiger partial charge in [-0.15, -0.1) is 0 Å². The summed E-state index contributed by atoms with van der Waals surface area (Å²) in [5, 5.41) is 0.208. The number of nitrogens with zero attached hydrogens (tertiary/aromatic N) is 3. The van der Waals surface area contributed by atoms with E-state index in [1.807, 2.05) is 0 Å². The molecule has 3 rings (SSSR count). The quantitative estimate of drug-likeness (QED) is 0.744. The standard InChI is InChI=1S/C11H5Cl2FN4/c12-7-8(13)16-11-10(15-7)17-9(18-11)5-1-3-6(14)4-2-5/h1-4H,(H,15,16,17,18). The summed E-state index contributed by atoms with van der Waals surface area (Å²) in [4.78, 5) is 15.2. The molecule has 90 valence electrons. The minimum absolute atomic E-state index is 0.0984. The fourth-order valence-corrected chi connectivity index (χ4v) is 1.79. The van der Waals surface area contributed by atoms with Crippen molar-refractivity contribution in [1.82, 2.24) is 19.9 Å². The highest BCUT2D eigenvalue weighted by Crippen LogP contribution is 2.23. The molecule has 0 aliphatic carbocycles. The Bertz CT molecular complexity index is 685. The highest BCUT2D eigenvalue weighted by Gasteiger charge is 2.10. The van der Waals surface area contributed by atoms with Crippen LogP contribution in [0, 0.1) is 5.82 Å². The number of rotatable bonds is 1. The maximum atomic E-state index is 12.8. The number of aromatic nitrogens is 4. The number of halogens is 3. The molecule has 1 N–H and O–H groups in total. The lowest BCUT2D eigenvalue weighted by atomic mass is 10.2. The molecule has 0 spiro atoms. The number of aromatic amines is 1. The molecule has 1 aromatic carbocycles. The molecule has 0 aliphatic heterocycles. The summed E-state index contributed by atoms with van der Waals surface area (Å²) in [7, 11) is 0. The first kappa shape index (κ1) is 11.4. The topological polar surface area (TPSA) is 54.5 Å². The summed E-state index contributed by atoms with van der Waals surface area (Å²) in [5.74, 6) is 0.223. The van der Waals surface area contributed by atoms with Crippen molar-refractivity contribution in [3.63, 3.8) is 0 Å². The highest BCUT2D eigenvalue weighted by atomic mass is 35.5. The lowest BCUT2D eigenvalue weighted by Gasteiger charge is -1.94. The van der Waals surface area contributed by atoms with E-state index in [-0.39, 0.29) is 16.1 Å². The number of nitrogens with one attached hydrogen (secondary N) is 1. The van der Waals surface area contributed by atoms with Gasteiger partial charge in [-0.3, -0.25) is 0 Å². The Hall–Kier alpha value is -1.72. The van der Waals surface area contributed by atoms with Crippen LogP contribution in [0.4, 0.5) is 4.39 Å². The van der Waals surface area contributed by atoms with Crippen LogP contribution in [0.25, 0.3) is 22.7 Å². The van der Waals surface area contributed by atoms with Gasteiger partial charge in [-0.05, 0) is 24.3 Å². The van der Waals surface area contributed by atoms with E-state index >= 15 is 0 Å². The zero-order valence-corrected chi connectivity index (χ0v) is 10.3. The van der Waals surface area contributed by atoms with Crippen molar-refractivity contribution in [2.45, 2.75) is 0 Å². The van der Waals surface area contributed by atoms with Crippen LogP contribution >= 0.6 is 23.2 Å². The molecule has 0 radical (unpaired) electrons. The SMILES string of the molecule is Fc1ccc(-c2nc3nc(Cl)c(Cl)nc3[nH]2)cc1. The highest BCUT2D eigenvalue weighted by molar-refractivity contribution is 6.40. The molecule has 7 heteroatoms. The van der Waals surface area contributed by atoms with Gasteiger partial charge in [0.15, 0.2) is 21.6 Å². The van der Waals surface area contributed by atoms with Crippen molar-refractivity contribution in [3.8, 4) is 11.4 Å². The van der Waals surface area contributed by atoms with Gasteiger partial charge in [0.1, 0.15) is 11.6 Å². The second-order valence-electron chi connectivity index (χ2n) is 3.57. The molecule has 0 saturated heterocycles. The number of hydrogen-bond donors (Lipinski definition) is 1. The van der Waals surface area contributed by atoms with Crippen LogP contribution in [0.3, 0.4) is 0 Å². The molecular weight excluding hydrogens is 278 g/mol. The maximum Gasteiger partial charge on any atom is 0.199 e. The van der Waals surface area contributed by atoms with Crippen molar-refractivity contribution in [3.05, 3.63) is 40.4 Å². The summed E-state index contributed by atoms with van der Waals surface area (Å²) in [6.07, 6.45) is 0. The van der Waals surface area contributed by atoms with E-state index in [9.17, 15) is 4.39 Å². The number of hydrogen-bond acceptors (Lipinski definition) is 3. The molecule has 0 bridgehead atoms. The summed E-state index contributed by atoms with van der Waals surface area (Å²) >= 11 is 11.5. The lowest BCUT2D eigenvalue weighted by molar-refractivity contribution is 0.628. The average molecular weight is 283 g/mol. The van der Waals surface area contributed by atoms with E-state index < -0.39 is 0 Å². The van der Waals surface area contributed by atoms with Crippen molar-refractivity contribution in [2.24, 2.45) is 0 Å². The van der Waals surface area contributed by atoms with E-state index in [1.165, 1.54) is 12.1 Å². The number of imidazole rings is 1. The summed E-state index contributed by atoms with van der Waals surface area (Å²) < 4.78 is 12.8. The van der Waals surface area contributed by atoms with Crippen LogP contribution < -0.4 is 0 Å². The lowest BCUT2D eigenvalue weighted by Crippen LogP contribution is -1.84. The molecule has 0 atom stereocenters. The van der Waals surface area contributed by atoms with E-state index in [0.29, 0.717) is 17.1 Å². The Morgan fingerprint density at radius 1 is 0.944 bits per heavy atom. The molecule has 18 heavy (non-hydrogen) atoms. The van der Waals surface area contributed by atoms with Crippen LogP contribution in [0.2, 0.25) is 10.3 Å². The largest absolute Gasteiger partial charge is 0.321 e. The first-order chi connectivity index (χ1) is 8.63. The van der Waals surface area contributed by atoms with Gasteiger partial charge in [0, 0.05) is 5.56 Å². The Labute approximate surface area is 111 Å². The van der Waals surface area contributed by atoms with Gasteiger partial charge < -0.3 is 4.98 Å². The fourth-order valence-electron chi connectivity index (χ4n) is 1.54. The number of H-pyrrole nitrogens is 1. The molecule has 0 unspecified atom stereocenters. The summed E-state index contributed by atoms with van der Waals surface area (Å²) in [5.41, 5.74) is 1.52. The molecule has 4 nitrogen and oxygen atoms in total. The van der Waals surface area contributed by atoms with Crippen LogP contribution in [0.15, 0.2) is 24.3 Å². The third-order valence-electron chi connectivity index (χ3n) is 2.37. The molecule has 2 heterocycles. The Balaban J connectivity index is 2.16. The maximum absolute atomic E-state index is 12.8. The van der Waals surface area contributed by atoms with Gasteiger partial charge in [0.05, 0.1) is 0 Å². The summed E-state index contributed by atoms with van der Waals surface area (Å²) in [6.45, 7) is 0. The van der Waals surface area contributed by atoms with E-state index in [2.05, 4.69) is 19.9 Å². The predicted molar refractivity (Wildman–Crippen MR) is 67.1 cm³/mol. The Morgan fingerprint density at radius 3 is 2.33 bits per heavy atom. The van der Waals surface area contributed by atoms with Crippen LogP contribution in [-0.2, 0) is 0 Å². The van der Waals surface area contributed by atoms with Gasteiger partial charge in [0.25, 0.3) is 0 Å². The molecule has 0 saturated carbocycles. The smallest absolute Gasteiger partial charge is 0.199 e. The predicted octanol–water partition coefficient (Wildman–Crippen LogP) is 3.47. The van der Waals surface area contributed by atoms with Gasteiger partial charge in [-0.1, -0.05) is 23.2 Å². The van der Waals surface area contributed by atoms with Gasteiger partial charge in [0.2, 0.25) is 0 Å². The van der Waals surface area contributed by atoms with Crippen molar-refractivity contribution < 1.29 is 4.39 Å². The van der Waals surface area contributed by atoms with E-state index in [4.69, 9.17) is 23.2 Å². The second kappa shape index (κ2) is 4.19. The number of fused-ring (bicyclic) bond motifs is 1. The van der Waals surface area contributed by atoms with Crippen molar-refractivity contribution in [1.29, 1.82) is 0 Å². The fraction of sp³-hybridized carbons (Fsp3) is 0. The van der Waals surface area contributed by atoms with Crippen molar-refractivity contribution >= 4 is 34.5 Å². The van der Waals surface area contributed by atoms with Crippen LogP contribution in [0.1, 0.15) is 0 Å². The van der Waals surface area contributed by atoms with E-state index in [0.717, 1.165) is 5.56 Å². The molecule has 3 aromatic rings. The normalized spacial score (nSPS) is 11.1. The van der Waals surface area contributed by atoms with Crippen LogP contribution in [-0.4, -0.2) is 19.9 Å². The van der Waals surface area contributed by atoms with Gasteiger partial charge in [-0.25, -0.2) is 19.3 Å². The van der Waals surface area contributed by atoms with Crippen molar-refractivity contribution in [2.75, 3.05) is 0 Å². The summed E-state index contributed by atoms with van der Waals surface area (Å²) in [6, 6.07) is 5.92. The Morgan fingerprint density at radius 2 is 1.61 bits per heavy atom. The zero-order chi connectivity index (χ0) is 12.7. The first-order valence-electron chi connectivity index (χ1n) is 4.98. The third-order valence-corrected chi connectivity index (χ3v) is 2.99. The average Bonchev–Trinajstić information content (AvgIpc) is 2.73. The molecule has 0 fully saturated rings. The molecule has 0 amide bonds. The molecule has 0 aliphatic rings. The van der Waals surface area contributed by atoms with Gasteiger partial charge in [-0.2, -0.15) is 0 Å². The molecule has 2 aromatic heterocycles. The number of benzene rings is 1. The second-order valence-corrected chi connectivity index (χ2v) is 4.29. The third kappa shape index (κ3) is 1.91. The molecular formula is C11H5Cl2FN4. The van der Waals surface area contributed by atoms with E-state index in [1.54, 1.807) is 12.1 Å². The zero-order valence-electron chi connectivity index (χ0n) is 8.78. The Kier molecular flexibility index (Phi) is 2.65.